The van der Waals surface area contributed by atoms with Gasteiger partial charge < -0.3 is 9.84 Å². The van der Waals surface area contributed by atoms with E-state index < -0.39 is 0 Å². The van der Waals surface area contributed by atoms with Crippen LogP contribution >= 0.6 is 0 Å². The van der Waals surface area contributed by atoms with Crippen molar-refractivity contribution in [1.82, 2.24) is 0 Å². The second kappa shape index (κ2) is 3.87. The Labute approximate surface area is 50.5 Å². The fraction of sp³-hybridized carbons (Fsp3) is 1.00. The minimum Gasteiger partial charge on any atom is -0.394 e. The summed E-state index contributed by atoms with van der Waals surface area (Å²) in [6.07, 6.45) is 0.201. The van der Waals surface area contributed by atoms with Crippen LogP contribution in [0.1, 0.15) is 20.8 Å². The lowest BCUT2D eigenvalue weighted by atomic mass is 10.4. The average molecular weight is 118 g/mol. The Morgan fingerprint density at radius 1 is 1.38 bits per heavy atom. The predicted molar refractivity (Wildman–Crippen MR) is 32.8 cm³/mol. The highest BCUT2D eigenvalue weighted by molar-refractivity contribution is 4.46. The monoisotopic (exact) mass is 118 g/mol. The average Bonchev–Trinajstić information content (AvgIpc) is 1.65. The largest absolute Gasteiger partial charge is 0.394 e. The lowest BCUT2D eigenvalue weighted by molar-refractivity contribution is -0.0121. The van der Waals surface area contributed by atoms with Crippen molar-refractivity contribution in [3.05, 3.63) is 0 Å². The molecule has 0 aliphatic carbocycles. The molecule has 2 nitrogen and oxygen atoms in total. The second-order valence-electron chi connectivity index (χ2n) is 2.18. The van der Waals surface area contributed by atoms with Gasteiger partial charge in [-0.05, 0) is 20.8 Å². The molecule has 0 unspecified atom stereocenters. The normalized spacial score (nSPS) is 14.6. The molecule has 0 aliphatic rings. The molecule has 0 aliphatic heterocycles. The molecule has 0 amide bonds. The van der Waals surface area contributed by atoms with Crippen LogP contribution in [-0.4, -0.2) is 23.9 Å². The standard InChI is InChI=1S/C6H14O2/c1-5(2)8-6(3)4-7/h5-7H,4H2,1-3H3/t6-/m1/s1. The molecule has 0 saturated carbocycles. The first-order valence-corrected chi connectivity index (χ1v) is 2.93. The van der Waals surface area contributed by atoms with Crippen LogP contribution in [0.15, 0.2) is 0 Å². The molecule has 0 aromatic rings. The van der Waals surface area contributed by atoms with E-state index >= 15 is 0 Å². The van der Waals surface area contributed by atoms with Gasteiger partial charge in [-0.1, -0.05) is 0 Å². The molecule has 1 N–H and O–H groups in total. The van der Waals surface area contributed by atoms with Crippen molar-refractivity contribution in [2.24, 2.45) is 0 Å². The predicted octanol–water partition coefficient (Wildman–Crippen LogP) is 0.792. The summed E-state index contributed by atoms with van der Waals surface area (Å²) in [5, 5.41) is 8.46. The summed E-state index contributed by atoms with van der Waals surface area (Å²) >= 11 is 0. The van der Waals surface area contributed by atoms with Gasteiger partial charge in [-0.15, -0.1) is 0 Å². The maximum absolute atomic E-state index is 8.46. The van der Waals surface area contributed by atoms with Gasteiger partial charge >= 0.3 is 0 Å². The Morgan fingerprint density at radius 3 is 2.00 bits per heavy atom. The van der Waals surface area contributed by atoms with E-state index in [1.165, 1.54) is 0 Å². The molecule has 2 heteroatoms. The van der Waals surface area contributed by atoms with Crippen LogP contribution in [0.2, 0.25) is 0 Å². The zero-order chi connectivity index (χ0) is 6.57. The van der Waals surface area contributed by atoms with Gasteiger partial charge in [-0.3, -0.25) is 0 Å². The molecular weight excluding hydrogens is 104 g/mol. The van der Waals surface area contributed by atoms with Crippen molar-refractivity contribution in [1.29, 1.82) is 0 Å². The first-order chi connectivity index (χ1) is 3.66. The minimum absolute atomic E-state index is 0.0185. The van der Waals surface area contributed by atoms with E-state index in [0.717, 1.165) is 0 Å². The van der Waals surface area contributed by atoms with E-state index in [1.54, 1.807) is 0 Å². The maximum Gasteiger partial charge on any atom is 0.0781 e. The summed E-state index contributed by atoms with van der Waals surface area (Å²) in [4.78, 5) is 0. The summed E-state index contributed by atoms with van der Waals surface area (Å²) in [6, 6.07) is 0. The highest BCUT2D eigenvalue weighted by Gasteiger charge is 2.00. The van der Waals surface area contributed by atoms with Crippen molar-refractivity contribution >= 4 is 0 Å². The molecule has 0 radical (unpaired) electrons. The second-order valence-corrected chi connectivity index (χ2v) is 2.18. The molecule has 0 saturated heterocycles. The summed E-state index contributed by atoms with van der Waals surface area (Å²) in [7, 11) is 0. The van der Waals surface area contributed by atoms with Crippen molar-refractivity contribution < 1.29 is 9.84 Å². The van der Waals surface area contributed by atoms with Crippen molar-refractivity contribution in [2.45, 2.75) is 33.0 Å². The van der Waals surface area contributed by atoms with Crippen molar-refractivity contribution in [2.75, 3.05) is 6.61 Å². The molecule has 0 bridgehead atoms. The van der Waals surface area contributed by atoms with E-state index in [4.69, 9.17) is 9.84 Å². The van der Waals surface area contributed by atoms with Gasteiger partial charge in [-0.2, -0.15) is 0 Å². The fourth-order valence-corrected chi connectivity index (χ4v) is 0.508. The Bertz CT molecular complexity index is 52.5. The summed E-state index contributed by atoms with van der Waals surface area (Å²) in [5.41, 5.74) is 0. The van der Waals surface area contributed by atoms with Crippen LogP contribution in [0, 0.1) is 0 Å². The van der Waals surface area contributed by atoms with Crippen LogP contribution in [0.25, 0.3) is 0 Å². The summed E-state index contributed by atoms with van der Waals surface area (Å²) in [6.45, 7) is 5.86. The third-order valence-electron chi connectivity index (χ3n) is 0.762. The molecule has 0 fully saturated rings. The van der Waals surface area contributed by atoms with Gasteiger partial charge in [0, 0.05) is 0 Å². The lowest BCUT2D eigenvalue weighted by Crippen LogP contribution is -2.17. The highest BCUT2D eigenvalue weighted by atomic mass is 16.5. The van der Waals surface area contributed by atoms with Gasteiger partial charge in [-0.25, -0.2) is 0 Å². The number of rotatable bonds is 3. The Balaban J connectivity index is 3.10. The topological polar surface area (TPSA) is 29.5 Å². The molecule has 0 aromatic carbocycles. The first kappa shape index (κ1) is 7.92. The SMILES string of the molecule is CC(C)O[C@H](C)CO. The Kier molecular flexibility index (Phi) is 3.83. The number of aliphatic hydroxyl groups is 1. The zero-order valence-corrected chi connectivity index (χ0v) is 5.72. The fourth-order valence-electron chi connectivity index (χ4n) is 0.508. The van der Waals surface area contributed by atoms with Gasteiger partial charge in [0.15, 0.2) is 0 Å². The van der Waals surface area contributed by atoms with Crippen LogP contribution in [0.4, 0.5) is 0 Å². The van der Waals surface area contributed by atoms with Crippen molar-refractivity contribution in [3.8, 4) is 0 Å². The smallest absolute Gasteiger partial charge is 0.0781 e. The Morgan fingerprint density at radius 2 is 1.88 bits per heavy atom. The third-order valence-corrected chi connectivity index (χ3v) is 0.762. The molecular formula is C6H14O2. The number of hydrogen-bond acceptors (Lipinski definition) is 2. The van der Waals surface area contributed by atoms with E-state index in [0.29, 0.717) is 0 Å². The molecule has 0 spiro atoms. The van der Waals surface area contributed by atoms with E-state index in [2.05, 4.69) is 0 Å². The number of hydrogen-bond donors (Lipinski definition) is 1. The van der Waals surface area contributed by atoms with Crippen LogP contribution in [-0.2, 0) is 4.74 Å². The molecule has 0 aromatic heterocycles. The van der Waals surface area contributed by atoms with Gasteiger partial charge in [0.25, 0.3) is 0 Å². The summed E-state index contributed by atoms with van der Waals surface area (Å²) in [5.74, 6) is 0. The van der Waals surface area contributed by atoms with Crippen LogP contribution in [0.5, 0.6) is 0 Å². The zero-order valence-electron chi connectivity index (χ0n) is 5.72. The van der Waals surface area contributed by atoms with Crippen LogP contribution in [0.3, 0.4) is 0 Å². The molecule has 8 heavy (non-hydrogen) atoms. The van der Waals surface area contributed by atoms with Crippen molar-refractivity contribution in [3.63, 3.8) is 0 Å². The van der Waals surface area contributed by atoms with Gasteiger partial charge in [0.1, 0.15) is 0 Å². The number of aliphatic hydroxyl groups excluding tert-OH is 1. The molecule has 0 heterocycles. The van der Waals surface area contributed by atoms with E-state index in [-0.39, 0.29) is 18.8 Å². The molecule has 1 atom stereocenters. The van der Waals surface area contributed by atoms with Gasteiger partial charge in [0.2, 0.25) is 0 Å². The summed E-state index contributed by atoms with van der Waals surface area (Å²) < 4.78 is 5.15. The van der Waals surface area contributed by atoms with Gasteiger partial charge in [0.05, 0.1) is 18.8 Å². The number of ether oxygens (including phenoxy) is 1. The molecule has 50 valence electrons. The molecule has 0 rings (SSSR count). The maximum atomic E-state index is 8.46. The third kappa shape index (κ3) is 4.09. The van der Waals surface area contributed by atoms with E-state index in [9.17, 15) is 0 Å². The van der Waals surface area contributed by atoms with Crippen LogP contribution < -0.4 is 0 Å². The highest BCUT2D eigenvalue weighted by Crippen LogP contribution is 1.94. The van der Waals surface area contributed by atoms with E-state index in [1.807, 2.05) is 20.8 Å². The minimum atomic E-state index is -0.0185. The quantitative estimate of drug-likeness (QED) is 0.593. The Hall–Kier alpha value is -0.0800. The first-order valence-electron chi connectivity index (χ1n) is 2.93. The lowest BCUT2D eigenvalue weighted by Gasteiger charge is -2.12.